The smallest absolute Gasteiger partial charge is 0.0405 e. The average molecular weight is 233 g/mol. The Hall–Kier alpha value is -1.06. The summed E-state index contributed by atoms with van der Waals surface area (Å²) in [4.78, 5) is 0. The predicted octanol–water partition coefficient (Wildman–Crippen LogP) is 2.47. The lowest BCUT2D eigenvalue weighted by Gasteiger charge is -2.16. The van der Waals surface area contributed by atoms with E-state index in [4.69, 9.17) is 0 Å². The summed E-state index contributed by atoms with van der Waals surface area (Å²) in [6.45, 7) is 7.79. The van der Waals surface area contributed by atoms with Gasteiger partial charge < -0.3 is 5.32 Å². The van der Waals surface area contributed by atoms with Crippen LogP contribution in [0.5, 0.6) is 0 Å². The summed E-state index contributed by atoms with van der Waals surface area (Å²) in [6.07, 6.45) is 1.19. The Balaban J connectivity index is 1.71. The van der Waals surface area contributed by atoms with Crippen molar-refractivity contribution in [3.05, 3.63) is 30.3 Å². The van der Waals surface area contributed by atoms with Crippen LogP contribution in [0.1, 0.15) is 27.2 Å². The van der Waals surface area contributed by atoms with E-state index in [-0.39, 0.29) is 0 Å². The molecule has 1 aromatic rings. The highest BCUT2D eigenvalue weighted by Gasteiger charge is 2.35. The van der Waals surface area contributed by atoms with Gasteiger partial charge in [-0.1, -0.05) is 18.2 Å². The minimum absolute atomic E-state index is 0.515. The number of anilines is 1. The zero-order chi connectivity index (χ0) is 12.3. The normalized spacial score (nSPS) is 24.7. The van der Waals surface area contributed by atoms with Gasteiger partial charge in [0.1, 0.15) is 0 Å². The molecule has 1 aliphatic rings. The van der Waals surface area contributed by atoms with Gasteiger partial charge in [-0.15, -0.1) is 0 Å². The number of rotatable bonds is 6. The molecule has 0 saturated carbocycles. The van der Waals surface area contributed by atoms with Gasteiger partial charge in [-0.05, 0) is 39.3 Å². The molecule has 2 rings (SSSR count). The highest BCUT2D eigenvalue weighted by atomic mass is 15.6. The third kappa shape index (κ3) is 4.02. The maximum absolute atomic E-state index is 3.53. The van der Waals surface area contributed by atoms with Crippen LogP contribution in [0.3, 0.4) is 0 Å². The van der Waals surface area contributed by atoms with E-state index in [0.29, 0.717) is 18.1 Å². The third-order valence-corrected chi connectivity index (χ3v) is 2.95. The van der Waals surface area contributed by atoms with Crippen molar-refractivity contribution in [2.45, 2.75) is 45.3 Å². The molecule has 94 valence electrons. The number of hydrogen-bond donors (Lipinski definition) is 2. The van der Waals surface area contributed by atoms with E-state index in [1.54, 1.807) is 0 Å². The fourth-order valence-corrected chi connectivity index (χ4v) is 2.16. The molecule has 3 atom stereocenters. The lowest BCUT2D eigenvalue weighted by molar-refractivity contribution is 0.323. The number of benzene rings is 1. The van der Waals surface area contributed by atoms with Crippen molar-refractivity contribution in [2.24, 2.45) is 0 Å². The first kappa shape index (κ1) is 12.4. The predicted molar refractivity (Wildman–Crippen MR) is 72.9 cm³/mol. The van der Waals surface area contributed by atoms with Gasteiger partial charge in [0.2, 0.25) is 0 Å². The van der Waals surface area contributed by atoms with Crippen LogP contribution in [0.4, 0.5) is 5.69 Å². The van der Waals surface area contributed by atoms with Gasteiger partial charge in [0.15, 0.2) is 0 Å². The first-order valence-corrected chi connectivity index (χ1v) is 6.49. The molecule has 1 fully saturated rings. The first-order valence-electron chi connectivity index (χ1n) is 6.49. The van der Waals surface area contributed by atoms with Crippen LogP contribution >= 0.6 is 0 Å². The molecule has 1 heterocycles. The standard InChI is InChI=1S/C14H23N3/c1-11(2)16-17-10-14(17)9-12(3)15-13-7-5-4-6-8-13/h4-8,11-12,14-16H,9-10H2,1-3H3. The second-order valence-corrected chi connectivity index (χ2v) is 5.24. The maximum Gasteiger partial charge on any atom is 0.0405 e. The monoisotopic (exact) mass is 233 g/mol. The molecule has 0 spiro atoms. The number of nitrogens with zero attached hydrogens (tertiary/aromatic N) is 1. The van der Waals surface area contributed by atoms with Gasteiger partial charge in [-0.2, -0.15) is 0 Å². The van der Waals surface area contributed by atoms with E-state index in [9.17, 15) is 0 Å². The molecule has 0 aliphatic carbocycles. The van der Waals surface area contributed by atoms with Crippen LogP contribution in [-0.4, -0.2) is 29.7 Å². The fourth-order valence-electron chi connectivity index (χ4n) is 2.16. The van der Waals surface area contributed by atoms with Crippen LogP contribution in [0.15, 0.2) is 30.3 Å². The van der Waals surface area contributed by atoms with Gasteiger partial charge in [0.25, 0.3) is 0 Å². The molecule has 17 heavy (non-hydrogen) atoms. The highest BCUT2D eigenvalue weighted by molar-refractivity contribution is 5.43. The van der Waals surface area contributed by atoms with Crippen molar-refractivity contribution in [2.75, 3.05) is 11.9 Å². The molecular formula is C14H23N3. The summed E-state index contributed by atoms with van der Waals surface area (Å²) in [5, 5.41) is 5.86. The molecule has 3 unspecified atom stereocenters. The van der Waals surface area contributed by atoms with Crippen molar-refractivity contribution < 1.29 is 0 Å². The number of hydrogen-bond acceptors (Lipinski definition) is 3. The van der Waals surface area contributed by atoms with Gasteiger partial charge in [0.05, 0.1) is 0 Å². The van der Waals surface area contributed by atoms with Gasteiger partial charge in [-0.25, -0.2) is 5.01 Å². The number of para-hydroxylation sites is 1. The van der Waals surface area contributed by atoms with Gasteiger partial charge >= 0.3 is 0 Å². The van der Waals surface area contributed by atoms with Crippen LogP contribution in [0.25, 0.3) is 0 Å². The quantitative estimate of drug-likeness (QED) is 0.739. The van der Waals surface area contributed by atoms with E-state index in [1.807, 2.05) is 6.07 Å². The summed E-state index contributed by atoms with van der Waals surface area (Å²) in [7, 11) is 0. The lowest BCUT2D eigenvalue weighted by Crippen LogP contribution is -2.31. The number of hydrazine groups is 1. The van der Waals surface area contributed by atoms with E-state index in [2.05, 4.69) is 60.8 Å². The third-order valence-electron chi connectivity index (χ3n) is 2.95. The Morgan fingerprint density at radius 2 is 1.94 bits per heavy atom. The van der Waals surface area contributed by atoms with Crippen molar-refractivity contribution in [1.29, 1.82) is 0 Å². The molecular weight excluding hydrogens is 210 g/mol. The van der Waals surface area contributed by atoms with Crippen molar-refractivity contribution in [3.8, 4) is 0 Å². The topological polar surface area (TPSA) is 27.1 Å². The SMILES string of the molecule is CC(C)NN1CC1CC(C)Nc1ccccc1. The van der Waals surface area contributed by atoms with E-state index in [1.165, 1.54) is 18.7 Å². The molecule has 0 bridgehead atoms. The Kier molecular flexibility index (Phi) is 4.02. The van der Waals surface area contributed by atoms with Crippen LogP contribution < -0.4 is 10.7 Å². The first-order chi connectivity index (χ1) is 8.15. The summed E-state index contributed by atoms with van der Waals surface area (Å²) in [6, 6.07) is 12.2. The minimum Gasteiger partial charge on any atom is -0.383 e. The van der Waals surface area contributed by atoms with Gasteiger partial charge in [-0.3, -0.25) is 5.43 Å². The van der Waals surface area contributed by atoms with Crippen molar-refractivity contribution >= 4 is 5.69 Å². The van der Waals surface area contributed by atoms with Crippen molar-refractivity contribution in [3.63, 3.8) is 0 Å². The zero-order valence-electron chi connectivity index (χ0n) is 11.0. The van der Waals surface area contributed by atoms with Crippen LogP contribution in [0, 0.1) is 0 Å². The van der Waals surface area contributed by atoms with Crippen LogP contribution in [-0.2, 0) is 0 Å². The Morgan fingerprint density at radius 3 is 2.59 bits per heavy atom. The second kappa shape index (κ2) is 5.52. The summed E-state index contributed by atoms with van der Waals surface area (Å²) in [5.41, 5.74) is 4.65. The van der Waals surface area contributed by atoms with Gasteiger partial charge in [0, 0.05) is 30.4 Å². The molecule has 3 heteroatoms. The zero-order valence-corrected chi connectivity index (χ0v) is 11.0. The Labute approximate surface area is 104 Å². The van der Waals surface area contributed by atoms with Crippen molar-refractivity contribution in [1.82, 2.24) is 10.4 Å². The minimum atomic E-state index is 0.515. The summed E-state index contributed by atoms with van der Waals surface area (Å²) in [5.74, 6) is 0. The summed E-state index contributed by atoms with van der Waals surface area (Å²) < 4.78 is 0. The highest BCUT2D eigenvalue weighted by Crippen LogP contribution is 2.21. The number of nitrogens with one attached hydrogen (secondary N) is 2. The maximum atomic E-state index is 3.53. The largest absolute Gasteiger partial charge is 0.383 e. The Morgan fingerprint density at radius 1 is 1.24 bits per heavy atom. The second-order valence-electron chi connectivity index (χ2n) is 5.24. The average Bonchev–Trinajstić information content (AvgIpc) is 2.96. The molecule has 3 nitrogen and oxygen atoms in total. The van der Waals surface area contributed by atoms with E-state index >= 15 is 0 Å². The molecule has 0 aromatic heterocycles. The molecule has 0 radical (unpaired) electrons. The molecule has 2 N–H and O–H groups in total. The molecule has 0 amide bonds. The van der Waals surface area contributed by atoms with E-state index < -0.39 is 0 Å². The summed E-state index contributed by atoms with van der Waals surface area (Å²) >= 11 is 0. The van der Waals surface area contributed by atoms with E-state index in [0.717, 1.165) is 0 Å². The molecule has 1 saturated heterocycles. The lowest BCUT2D eigenvalue weighted by atomic mass is 10.2. The fraction of sp³-hybridized carbons (Fsp3) is 0.571. The molecule has 1 aromatic carbocycles. The van der Waals surface area contributed by atoms with Crippen LogP contribution in [0.2, 0.25) is 0 Å². The Bertz CT molecular complexity index is 337. The molecule has 1 aliphatic heterocycles.